The molecule has 0 spiro atoms. The summed E-state index contributed by atoms with van der Waals surface area (Å²) in [5, 5.41) is 9.39. The zero-order chi connectivity index (χ0) is 26.0. The first-order chi connectivity index (χ1) is 17.1. The van der Waals surface area contributed by atoms with E-state index in [2.05, 4.69) is 16.0 Å². The first-order valence-electron chi connectivity index (χ1n) is 12.4. The number of anilines is 1. The molecule has 2 aromatic rings. The molecule has 0 aliphatic heterocycles. The molecule has 2 unspecified atom stereocenters. The molecular weight excluding hydrogens is 458 g/mol. The van der Waals surface area contributed by atoms with E-state index in [0.717, 1.165) is 0 Å². The van der Waals surface area contributed by atoms with Crippen LogP contribution in [0.1, 0.15) is 85.2 Å². The Kier molecular flexibility index (Phi) is 7.15. The molecule has 0 aromatic heterocycles. The molecule has 0 saturated heterocycles. The van der Waals surface area contributed by atoms with Crippen LogP contribution in [0.3, 0.4) is 0 Å². The van der Waals surface area contributed by atoms with Crippen LogP contribution in [0.2, 0.25) is 0 Å². The highest BCUT2D eigenvalue weighted by atomic mass is 16.6. The Morgan fingerprint density at radius 2 is 1.56 bits per heavy atom. The number of hydrogen-bond donors (Lipinski definition) is 3. The largest absolute Gasteiger partial charge is 0.444 e. The van der Waals surface area contributed by atoms with Gasteiger partial charge in [-0.25, -0.2) is 4.79 Å². The van der Waals surface area contributed by atoms with E-state index in [1.807, 2.05) is 0 Å². The Morgan fingerprint density at radius 3 is 2.22 bits per heavy atom. The maximum Gasteiger partial charge on any atom is 0.407 e. The number of hydrogen-bond acceptors (Lipinski definition) is 6. The van der Waals surface area contributed by atoms with E-state index in [1.54, 1.807) is 70.2 Å². The van der Waals surface area contributed by atoms with Crippen LogP contribution in [0.15, 0.2) is 42.5 Å². The summed E-state index contributed by atoms with van der Waals surface area (Å²) in [4.78, 5) is 51.1. The van der Waals surface area contributed by atoms with Gasteiger partial charge in [-0.1, -0.05) is 43.3 Å². The number of nitrogens with one attached hydrogen (secondary N) is 3. The van der Waals surface area contributed by atoms with Crippen LogP contribution in [0.5, 0.6) is 0 Å². The van der Waals surface area contributed by atoms with Crippen LogP contribution in [0, 0.1) is 0 Å². The molecule has 2 amide bonds. The van der Waals surface area contributed by atoms with Crippen LogP contribution in [-0.4, -0.2) is 47.3 Å². The lowest BCUT2D eigenvalue weighted by Crippen LogP contribution is -2.56. The minimum Gasteiger partial charge on any atom is -0.444 e. The third kappa shape index (κ3) is 5.42. The first-order valence-corrected chi connectivity index (χ1v) is 12.4. The van der Waals surface area contributed by atoms with Gasteiger partial charge in [0, 0.05) is 40.9 Å². The second-order valence-electron chi connectivity index (χ2n) is 10.4. The van der Waals surface area contributed by atoms with E-state index in [1.165, 1.54) is 0 Å². The highest BCUT2D eigenvalue weighted by Crippen LogP contribution is 2.33. The topological polar surface area (TPSA) is 114 Å². The lowest BCUT2D eigenvalue weighted by molar-refractivity contribution is -0.121. The molecule has 8 heteroatoms. The summed E-state index contributed by atoms with van der Waals surface area (Å²) in [7, 11) is 0. The van der Waals surface area contributed by atoms with E-state index >= 15 is 0 Å². The van der Waals surface area contributed by atoms with Gasteiger partial charge in [-0.2, -0.15) is 0 Å². The van der Waals surface area contributed by atoms with Crippen LogP contribution < -0.4 is 16.0 Å². The molecule has 8 nitrogen and oxygen atoms in total. The van der Waals surface area contributed by atoms with Gasteiger partial charge in [-0.05, 0) is 46.1 Å². The van der Waals surface area contributed by atoms with E-state index in [-0.39, 0.29) is 35.6 Å². The second kappa shape index (κ2) is 10.1. The number of fused-ring (bicyclic) bond motifs is 2. The van der Waals surface area contributed by atoms with Crippen LogP contribution in [0.4, 0.5) is 10.5 Å². The molecule has 3 N–H and O–H groups in total. The SMILES string of the molecule is CCC(=O)NC1CCC(Nc2cccc3c2C(=O)c2ccccc2C3=O)C[C@@H]1NC(=O)OC(C)(C)C. The quantitative estimate of drug-likeness (QED) is 0.493. The monoisotopic (exact) mass is 491 g/mol. The van der Waals surface area contributed by atoms with E-state index < -0.39 is 11.7 Å². The molecule has 4 rings (SSSR count). The van der Waals surface area contributed by atoms with Crippen molar-refractivity contribution >= 4 is 29.3 Å². The molecule has 0 bridgehead atoms. The number of benzene rings is 2. The molecule has 2 aromatic carbocycles. The fourth-order valence-corrected chi connectivity index (χ4v) is 4.89. The smallest absolute Gasteiger partial charge is 0.407 e. The van der Waals surface area contributed by atoms with Crippen molar-refractivity contribution in [3.8, 4) is 0 Å². The molecule has 1 saturated carbocycles. The van der Waals surface area contributed by atoms with Gasteiger partial charge in [0.2, 0.25) is 5.91 Å². The summed E-state index contributed by atoms with van der Waals surface area (Å²) >= 11 is 0. The van der Waals surface area contributed by atoms with Crippen molar-refractivity contribution in [2.24, 2.45) is 0 Å². The summed E-state index contributed by atoms with van der Waals surface area (Å²) in [6.45, 7) is 7.17. The number of amides is 2. The standard InChI is InChI=1S/C28H33N3O5/c1-5-23(32)30-20-14-13-16(15-22(20)31-27(35)36-28(2,3)4)29-21-12-8-11-19-24(21)26(34)18-10-7-6-9-17(18)25(19)33/h6-12,16,20,22,29H,5,13-15H2,1-4H3,(H,30,32)(H,31,35)/t16?,20?,22-/m0/s1. The van der Waals surface area contributed by atoms with Crippen molar-refractivity contribution in [1.82, 2.24) is 10.6 Å². The van der Waals surface area contributed by atoms with Crippen molar-refractivity contribution in [3.05, 3.63) is 64.7 Å². The Bertz CT molecular complexity index is 1200. The van der Waals surface area contributed by atoms with Gasteiger partial charge < -0.3 is 20.7 Å². The molecule has 1 fully saturated rings. The van der Waals surface area contributed by atoms with Gasteiger partial charge in [0.25, 0.3) is 0 Å². The third-order valence-electron chi connectivity index (χ3n) is 6.53. The third-order valence-corrected chi connectivity index (χ3v) is 6.53. The van der Waals surface area contributed by atoms with Crippen molar-refractivity contribution < 1.29 is 23.9 Å². The Labute approximate surface area is 211 Å². The summed E-state index contributed by atoms with van der Waals surface area (Å²) in [6, 6.07) is 11.4. The Balaban J connectivity index is 1.56. The number of ketones is 2. The van der Waals surface area contributed by atoms with Crippen LogP contribution in [-0.2, 0) is 9.53 Å². The predicted octanol–water partition coefficient (Wildman–Crippen LogP) is 4.21. The normalized spacial score (nSPS) is 21.2. The Hall–Kier alpha value is -3.68. The van der Waals surface area contributed by atoms with Gasteiger partial charge in [-0.15, -0.1) is 0 Å². The van der Waals surface area contributed by atoms with Crippen molar-refractivity contribution in [2.75, 3.05) is 5.32 Å². The number of ether oxygens (including phenoxy) is 1. The molecule has 2 aliphatic carbocycles. The fraction of sp³-hybridized carbons (Fsp3) is 0.429. The maximum atomic E-state index is 13.4. The van der Waals surface area contributed by atoms with Gasteiger partial charge in [0.15, 0.2) is 11.6 Å². The van der Waals surface area contributed by atoms with E-state index in [0.29, 0.717) is 53.6 Å². The molecule has 36 heavy (non-hydrogen) atoms. The van der Waals surface area contributed by atoms with Crippen LogP contribution in [0.25, 0.3) is 0 Å². The molecule has 190 valence electrons. The second-order valence-corrected chi connectivity index (χ2v) is 10.4. The first kappa shape index (κ1) is 25.4. The number of carbonyl (C=O) groups excluding carboxylic acids is 4. The lowest BCUT2D eigenvalue weighted by Gasteiger charge is -2.38. The van der Waals surface area contributed by atoms with Gasteiger partial charge in [0.1, 0.15) is 5.60 Å². The van der Waals surface area contributed by atoms with Gasteiger partial charge >= 0.3 is 6.09 Å². The average Bonchev–Trinajstić information content (AvgIpc) is 2.82. The summed E-state index contributed by atoms with van der Waals surface area (Å²) in [5.41, 5.74) is 1.53. The number of rotatable bonds is 5. The van der Waals surface area contributed by atoms with E-state index in [9.17, 15) is 19.2 Å². The van der Waals surface area contributed by atoms with Gasteiger partial charge in [0.05, 0.1) is 11.6 Å². The highest BCUT2D eigenvalue weighted by Gasteiger charge is 2.36. The lowest BCUT2D eigenvalue weighted by atomic mass is 9.82. The molecule has 2 aliphatic rings. The highest BCUT2D eigenvalue weighted by molar-refractivity contribution is 6.30. The van der Waals surface area contributed by atoms with Gasteiger partial charge in [-0.3, -0.25) is 14.4 Å². The summed E-state index contributed by atoms with van der Waals surface area (Å²) < 4.78 is 5.44. The average molecular weight is 492 g/mol. The zero-order valence-corrected chi connectivity index (χ0v) is 21.1. The molecular formula is C28H33N3O5. The zero-order valence-electron chi connectivity index (χ0n) is 21.1. The van der Waals surface area contributed by atoms with Crippen molar-refractivity contribution in [1.29, 1.82) is 0 Å². The molecule has 3 atom stereocenters. The minimum absolute atomic E-state index is 0.0812. The maximum absolute atomic E-state index is 13.4. The van der Waals surface area contributed by atoms with Crippen molar-refractivity contribution in [3.63, 3.8) is 0 Å². The molecule has 0 radical (unpaired) electrons. The minimum atomic E-state index is -0.648. The molecule has 0 heterocycles. The van der Waals surface area contributed by atoms with Crippen molar-refractivity contribution in [2.45, 2.75) is 77.1 Å². The number of alkyl carbamates (subject to hydrolysis) is 1. The Morgan fingerprint density at radius 1 is 0.889 bits per heavy atom. The predicted molar refractivity (Wildman–Crippen MR) is 136 cm³/mol. The van der Waals surface area contributed by atoms with Crippen LogP contribution >= 0.6 is 0 Å². The number of carbonyl (C=O) groups is 4. The summed E-state index contributed by atoms with van der Waals surface area (Å²) in [5.74, 6) is -0.433. The summed E-state index contributed by atoms with van der Waals surface area (Å²) in [6.07, 6.45) is 1.66. The van der Waals surface area contributed by atoms with E-state index in [4.69, 9.17) is 4.74 Å². The fourth-order valence-electron chi connectivity index (χ4n) is 4.89.